The molecule has 0 saturated carbocycles. The van der Waals surface area contributed by atoms with Crippen LogP contribution in [0.25, 0.3) is 0 Å². The van der Waals surface area contributed by atoms with Crippen LogP contribution < -0.4 is 0 Å². The maximum absolute atomic E-state index is 10.3. The lowest BCUT2D eigenvalue weighted by atomic mass is 10.5. The molecule has 7 heteroatoms. The molecular weight excluding hydrogens is 256 g/mol. The van der Waals surface area contributed by atoms with Crippen molar-refractivity contribution in [2.24, 2.45) is 0 Å². The van der Waals surface area contributed by atoms with E-state index in [1.54, 1.807) is 0 Å². The van der Waals surface area contributed by atoms with E-state index < -0.39 is 14.8 Å². The molecule has 108 valence electrons. The summed E-state index contributed by atoms with van der Waals surface area (Å²) in [7, 11) is -2.65. The lowest BCUT2D eigenvalue weighted by molar-refractivity contribution is -0.138. The maximum atomic E-state index is 10.3. The predicted octanol–water partition coefficient (Wildman–Crippen LogP) is 1.53. The monoisotopic (exact) mass is 280 g/mol. The van der Waals surface area contributed by atoms with E-state index in [4.69, 9.17) is 23.1 Å². The molecule has 0 amide bonds. The van der Waals surface area contributed by atoms with Crippen LogP contribution >= 0.6 is 0 Å². The number of ether oxygens (including phenoxy) is 1. The van der Waals surface area contributed by atoms with Gasteiger partial charge in [0, 0.05) is 25.9 Å². The highest BCUT2D eigenvalue weighted by atomic mass is 28.4. The van der Waals surface area contributed by atoms with Crippen molar-refractivity contribution in [1.82, 2.24) is 0 Å². The van der Waals surface area contributed by atoms with Gasteiger partial charge in [-0.25, -0.2) is 0 Å². The number of carboxylic acids is 1. The van der Waals surface area contributed by atoms with E-state index in [1.165, 1.54) is 0 Å². The molecule has 0 heterocycles. The Labute approximate surface area is 110 Å². The van der Waals surface area contributed by atoms with Crippen LogP contribution in [0.15, 0.2) is 0 Å². The standard InChI is InChI=1S/C11H24O6Si/c1-4-15-18(16-5-2,17-6-3)10-9-14-8-7-11(12)13/h4-10H2,1-3H3,(H,12,13). The Balaban J connectivity index is 4.08. The van der Waals surface area contributed by atoms with E-state index in [1.807, 2.05) is 20.8 Å². The Morgan fingerprint density at radius 1 is 1.00 bits per heavy atom. The zero-order chi connectivity index (χ0) is 13.9. The molecule has 6 nitrogen and oxygen atoms in total. The molecule has 0 rings (SSSR count). The summed E-state index contributed by atoms with van der Waals surface area (Å²) in [6, 6.07) is 0.544. The summed E-state index contributed by atoms with van der Waals surface area (Å²) in [6.45, 7) is 7.86. The summed E-state index contributed by atoms with van der Waals surface area (Å²) in [6.07, 6.45) is 0.00641. The van der Waals surface area contributed by atoms with E-state index in [-0.39, 0.29) is 13.0 Å². The average molecular weight is 280 g/mol. The van der Waals surface area contributed by atoms with Crippen LogP contribution in [0.2, 0.25) is 6.04 Å². The van der Waals surface area contributed by atoms with Gasteiger partial charge in [-0.1, -0.05) is 0 Å². The molecule has 0 aliphatic carbocycles. The van der Waals surface area contributed by atoms with E-state index >= 15 is 0 Å². The molecular formula is C11H24O6Si. The van der Waals surface area contributed by atoms with Crippen molar-refractivity contribution in [2.45, 2.75) is 33.2 Å². The van der Waals surface area contributed by atoms with Gasteiger partial charge in [-0.05, 0) is 20.8 Å². The minimum absolute atomic E-state index is 0.00641. The van der Waals surface area contributed by atoms with Crippen molar-refractivity contribution >= 4 is 14.8 Å². The summed E-state index contributed by atoms with van der Waals surface area (Å²) in [5.74, 6) is -0.863. The lowest BCUT2D eigenvalue weighted by Gasteiger charge is -2.28. The SMILES string of the molecule is CCO[Si](CCOCCC(=O)O)(OCC)OCC. The van der Waals surface area contributed by atoms with Crippen LogP contribution in [-0.4, -0.2) is 52.9 Å². The first-order chi connectivity index (χ1) is 8.60. The molecule has 0 spiro atoms. The number of aliphatic carboxylic acids is 1. The van der Waals surface area contributed by atoms with Gasteiger partial charge >= 0.3 is 14.8 Å². The van der Waals surface area contributed by atoms with E-state index in [2.05, 4.69) is 0 Å². The average Bonchev–Trinajstić information content (AvgIpc) is 2.29. The summed E-state index contributed by atoms with van der Waals surface area (Å²) >= 11 is 0. The van der Waals surface area contributed by atoms with Crippen molar-refractivity contribution in [3.8, 4) is 0 Å². The first kappa shape index (κ1) is 17.5. The van der Waals surface area contributed by atoms with Gasteiger partial charge in [-0.15, -0.1) is 0 Å². The molecule has 0 aromatic carbocycles. The van der Waals surface area contributed by atoms with Crippen molar-refractivity contribution in [3.63, 3.8) is 0 Å². The van der Waals surface area contributed by atoms with Gasteiger partial charge in [-0.3, -0.25) is 4.79 Å². The molecule has 0 bridgehead atoms. The van der Waals surface area contributed by atoms with Crippen molar-refractivity contribution in [3.05, 3.63) is 0 Å². The molecule has 18 heavy (non-hydrogen) atoms. The Bertz CT molecular complexity index is 207. The fourth-order valence-corrected chi connectivity index (χ4v) is 3.86. The molecule has 0 radical (unpaired) electrons. The normalized spacial score (nSPS) is 11.7. The van der Waals surface area contributed by atoms with Crippen LogP contribution in [0.1, 0.15) is 27.2 Å². The molecule has 0 unspecified atom stereocenters. The largest absolute Gasteiger partial charge is 0.503 e. The Kier molecular flexibility index (Phi) is 10.2. The second-order valence-electron chi connectivity index (χ2n) is 3.49. The zero-order valence-electron chi connectivity index (χ0n) is 11.4. The minimum atomic E-state index is -2.65. The molecule has 0 aromatic rings. The van der Waals surface area contributed by atoms with Gasteiger partial charge in [0.25, 0.3) is 0 Å². The minimum Gasteiger partial charge on any atom is -0.481 e. The van der Waals surface area contributed by atoms with Crippen molar-refractivity contribution < 1.29 is 27.9 Å². The highest BCUT2D eigenvalue weighted by Crippen LogP contribution is 2.16. The van der Waals surface area contributed by atoms with Crippen molar-refractivity contribution in [1.29, 1.82) is 0 Å². The molecule has 1 N–H and O–H groups in total. The Morgan fingerprint density at radius 2 is 1.50 bits per heavy atom. The second kappa shape index (κ2) is 10.4. The van der Waals surface area contributed by atoms with Gasteiger partial charge in [0.2, 0.25) is 0 Å². The molecule has 0 fully saturated rings. The van der Waals surface area contributed by atoms with Gasteiger partial charge in [0.15, 0.2) is 0 Å². The van der Waals surface area contributed by atoms with E-state index in [0.29, 0.717) is 32.5 Å². The molecule has 0 aromatic heterocycles. The predicted molar refractivity (Wildman–Crippen MR) is 68.5 cm³/mol. The Morgan fingerprint density at radius 3 is 1.89 bits per heavy atom. The van der Waals surface area contributed by atoms with Gasteiger partial charge in [-0.2, -0.15) is 0 Å². The van der Waals surface area contributed by atoms with E-state index in [0.717, 1.165) is 0 Å². The number of hydrogen-bond acceptors (Lipinski definition) is 5. The third-order valence-corrected chi connectivity index (χ3v) is 5.11. The second-order valence-corrected chi connectivity index (χ2v) is 6.22. The lowest BCUT2D eigenvalue weighted by Crippen LogP contribution is -2.46. The number of rotatable bonds is 12. The fourth-order valence-electron chi connectivity index (χ4n) is 1.46. The van der Waals surface area contributed by atoms with Crippen LogP contribution in [-0.2, 0) is 22.8 Å². The van der Waals surface area contributed by atoms with Crippen LogP contribution in [0, 0.1) is 0 Å². The molecule has 0 atom stereocenters. The zero-order valence-corrected chi connectivity index (χ0v) is 12.4. The molecule has 0 aliphatic heterocycles. The van der Waals surface area contributed by atoms with Crippen LogP contribution in [0.4, 0.5) is 0 Å². The topological polar surface area (TPSA) is 74.2 Å². The maximum Gasteiger partial charge on any atom is 0.503 e. The number of carbonyl (C=O) groups is 1. The summed E-state index contributed by atoms with van der Waals surface area (Å²) in [5, 5.41) is 8.48. The first-order valence-electron chi connectivity index (χ1n) is 6.31. The van der Waals surface area contributed by atoms with Crippen molar-refractivity contribution in [2.75, 3.05) is 33.0 Å². The number of hydrogen-bond donors (Lipinski definition) is 1. The van der Waals surface area contributed by atoms with E-state index in [9.17, 15) is 4.79 Å². The van der Waals surface area contributed by atoms with Gasteiger partial charge < -0.3 is 23.1 Å². The van der Waals surface area contributed by atoms with Gasteiger partial charge in [0.1, 0.15) is 0 Å². The summed E-state index contributed by atoms with van der Waals surface area (Å²) < 4.78 is 22.2. The number of carboxylic acid groups (broad SMARTS) is 1. The van der Waals surface area contributed by atoms with Crippen LogP contribution in [0.5, 0.6) is 0 Å². The fraction of sp³-hybridized carbons (Fsp3) is 0.909. The first-order valence-corrected chi connectivity index (χ1v) is 8.24. The Hall–Kier alpha value is -0.473. The molecule has 0 saturated heterocycles. The summed E-state index contributed by atoms with van der Waals surface area (Å²) in [5.41, 5.74) is 0. The van der Waals surface area contributed by atoms with Crippen LogP contribution in [0.3, 0.4) is 0 Å². The summed E-state index contributed by atoms with van der Waals surface area (Å²) in [4.78, 5) is 10.3. The highest BCUT2D eigenvalue weighted by Gasteiger charge is 2.39. The smallest absolute Gasteiger partial charge is 0.481 e. The highest BCUT2D eigenvalue weighted by molar-refractivity contribution is 6.60. The third-order valence-electron chi connectivity index (χ3n) is 2.11. The quantitative estimate of drug-likeness (QED) is 0.431. The molecule has 0 aliphatic rings. The van der Waals surface area contributed by atoms with Gasteiger partial charge in [0.05, 0.1) is 19.6 Å². The third kappa shape index (κ3) is 7.78.